The molecule has 0 amide bonds. The Morgan fingerprint density at radius 2 is 1.63 bits per heavy atom. The highest BCUT2D eigenvalue weighted by molar-refractivity contribution is 6.09. The SMILES string of the molecule is CCCCc1ccc2c(ccc3ccccc32)c1O. The molecule has 96 valence electrons. The summed E-state index contributed by atoms with van der Waals surface area (Å²) in [5, 5.41) is 15.0. The summed E-state index contributed by atoms with van der Waals surface area (Å²) in [6.07, 6.45) is 3.22. The molecule has 0 fully saturated rings. The van der Waals surface area contributed by atoms with Crippen LogP contribution in [0.2, 0.25) is 0 Å². The minimum Gasteiger partial charge on any atom is -0.507 e. The van der Waals surface area contributed by atoms with E-state index in [-0.39, 0.29) is 0 Å². The van der Waals surface area contributed by atoms with Gasteiger partial charge in [0.1, 0.15) is 5.75 Å². The minimum absolute atomic E-state index is 0.455. The van der Waals surface area contributed by atoms with Gasteiger partial charge in [-0.1, -0.05) is 61.9 Å². The Bertz CT molecular complexity index is 728. The van der Waals surface area contributed by atoms with E-state index in [9.17, 15) is 5.11 Å². The van der Waals surface area contributed by atoms with Crippen molar-refractivity contribution in [1.82, 2.24) is 0 Å². The molecule has 1 N–H and O–H groups in total. The van der Waals surface area contributed by atoms with Crippen molar-refractivity contribution in [2.45, 2.75) is 26.2 Å². The van der Waals surface area contributed by atoms with Crippen LogP contribution in [0.4, 0.5) is 0 Å². The van der Waals surface area contributed by atoms with Crippen LogP contribution in [0.15, 0.2) is 48.5 Å². The summed E-state index contributed by atoms with van der Waals surface area (Å²) < 4.78 is 0. The average Bonchev–Trinajstić information content (AvgIpc) is 2.46. The first kappa shape index (κ1) is 12.0. The van der Waals surface area contributed by atoms with E-state index >= 15 is 0 Å². The summed E-state index contributed by atoms with van der Waals surface area (Å²) in [6.45, 7) is 2.17. The van der Waals surface area contributed by atoms with E-state index in [1.165, 1.54) is 10.8 Å². The van der Waals surface area contributed by atoms with Crippen molar-refractivity contribution in [3.8, 4) is 5.75 Å². The highest BCUT2D eigenvalue weighted by atomic mass is 16.3. The van der Waals surface area contributed by atoms with Crippen LogP contribution in [0, 0.1) is 0 Å². The Balaban J connectivity index is 2.24. The number of hydrogen-bond acceptors (Lipinski definition) is 1. The number of hydrogen-bond donors (Lipinski definition) is 1. The molecule has 0 bridgehead atoms. The number of unbranched alkanes of at least 4 members (excludes halogenated alkanes) is 1. The lowest BCUT2D eigenvalue weighted by Crippen LogP contribution is -1.87. The maximum Gasteiger partial charge on any atom is 0.126 e. The molecule has 0 spiro atoms. The summed E-state index contributed by atoms with van der Waals surface area (Å²) in [4.78, 5) is 0. The summed E-state index contributed by atoms with van der Waals surface area (Å²) in [5.41, 5.74) is 1.06. The van der Waals surface area contributed by atoms with Gasteiger partial charge in [0.15, 0.2) is 0 Å². The van der Waals surface area contributed by atoms with Crippen LogP contribution in [0.3, 0.4) is 0 Å². The second kappa shape index (κ2) is 4.93. The molecule has 0 unspecified atom stereocenters. The first-order valence-corrected chi connectivity index (χ1v) is 6.93. The zero-order chi connectivity index (χ0) is 13.2. The van der Waals surface area contributed by atoms with E-state index in [0.29, 0.717) is 5.75 Å². The van der Waals surface area contributed by atoms with E-state index < -0.39 is 0 Å². The summed E-state index contributed by atoms with van der Waals surface area (Å²) in [5.74, 6) is 0.455. The van der Waals surface area contributed by atoms with E-state index in [1.807, 2.05) is 18.2 Å². The molecular formula is C18H18O. The van der Waals surface area contributed by atoms with Crippen molar-refractivity contribution in [2.24, 2.45) is 0 Å². The van der Waals surface area contributed by atoms with Crippen LogP contribution in [-0.2, 0) is 6.42 Å². The number of aryl methyl sites for hydroxylation is 1. The lowest BCUT2D eigenvalue weighted by atomic mass is 9.97. The van der Waals surface area contributed by atoms with Gasteiger partial charge in [-0.15, -0.1) is 0 Å². The van der Waals surface area contributed by atoms with Gasteiger partial charge in [-0.3, -0.25) is 0 Å². The number of aromatic hydroxyl groups is 1. The lowest BCUT2D eigenvalue weighted by molar-refractivity contribution is 0.473. The summed E-state index contributed by atoms with van der Waals surface area (Å²) in [7, 11) is 0. The van der Waals surface area contributed by atoms with Gasteiger partial charge in [-0.25, -0.2) is 0 Å². The van der Waals surface area contributed by atoms with E-state index in [2.05, 4.69) is 37.3 Å². The number of phenolic OH excluding ortho intramolecular Hbond substituents is 1. The van der Waals surface area contributed by atoms with Crippen LogP contribution >= 0.6 is 0 Å². The molecule has 3 aromatic carbocycles. The van der Waals surface area contributed by atoms with Crippen LogP contribution in [0.5, 0.6) is 5.75 Å². The van der Waals surface area contributed by atoms with Crippen molar-refractivity contribution in [2.75, 3.05) is 0 Å². The van der Waals surface area contributed by atoms with Gasteiger partial charge < -0.3 is 5.11 Å². The van der Waals surface area contributed by atoms with Crippen LogP contribution in [0.1, 0.15) is 25.3 Å². The first-order valence-electron chi connectivity index (χ1n) is 6.93. The number of fused-ring (bicyclic) bond motifs is 3. The van der Waals surface area contributed by atoms with Crippen molar-refractivity contribution < 1.29 is 5.11 Å². The second-order valence-electron chi connectivity index (χ2n) is 5.06. The molecule has 3 rings (SSSR count). The van der Waals surface area contributed by atoms with Gasteiger partial charge in [0.05, 0.1) is 0 Å². The third kappa shape index (κ3) is 2.06. The Labute approximate surface area is 113 Å². The lowest BCUT2D eigenvalue weighted by Gasteiger charge is -2.10. The molecule has 3 aromatic rings. The molecule has 0 saturated heterocycles. The van der Waals surface area contributed by atoms with Crippen LogP contribution in [0.25, 0.3) is 21.5 Å². The van der Waals surface area contributed by atoms with Gasteiger partial charge in [0.25, 0.3) is 0 Å². The van der Waals surface area contributed by atoms with E-state index in [1.54, 1.807) is 0 Å². The molecule has 0 radical (unpaired) electrons. The third-order valence-corrected chi connectivity index (χ3v) is 3.78. The molecule has 0 atom stereocenters. The Morgan fingerprint density at radius 3 is 2.47 bits per heavy atom. The van der Waals surface area contributed by atoms with Crippen LogP contribution in [-0.4, -0.2) is 5.11 Å². The normalized spacial score (nSPS) is 11.2. The van der Waals surface area contributed by atoms with Crippen molar-refractivity contribution >= 4 is 21.5 Å². The molecule has 1 heteroatoms. The second-order valence-corrected chi connectivity index (χ2v) is 5.06. The van der Waals surface area contributed by atoms with Crippen LogP contribution < -0.4 is 0 Å². The van der Waals surface area contributed by atoms with Crippen molar-refractivity contribution in [3.05, 3.63) is 54.1 Å². The Hall–Kier alpha value is -2.02. The average molecular weight is 250 g/mol. The highest BCUT2D eigenvalue weighted by Gasteiger charge is 2.08. The zero-order valence-electron chi connectivity index (χ0n) is 11.2. The van der Waals surface area contributed by atoms with Gasteiger partial charge in [0, 0.05) is 5.39 Å². The smallest absolute Gasteiger partial charge is 0.126 e. The molecular weight excluding hydrogens is 232 g/mol. The molecule has 0 saturated carbocycles. The minimum atomic E-state index is 0.455. The highest BCUT2D eigenvalue weighted by Crippen LogP contribution is 2.34. The van der Waals surface area contributed by atoms with E-state index in [0.717, 1.165) is 35.6 Å². The molecule has 0 aliphatic rings. The molecule has 0 aromatic heterocycles. The summed E-state index contributed by atoms with van der Waals surface area (Å²) >= 11 is 0. The molecule has 0 heterocycles. The predicted octanol–water partition coefficient (Wildman–Crippen LogP) is 5.04. The fourth-order valence-corrected chi connectivity index (χ4v) is 2.69. The predicted molar refractivity (Wildman–Crippen MR) is 81.7 cm³/mol. The van der Waals surface area contributed by atoms with Crippen molar-refractivity contribution in [3.63, 3.8) is 0 Å². The number of benzene rings is 3. The molecule has 1 nitrogen and oxygen atoms in total. The monoisotopic (exact) mass is 250 g/mol. The van der Waals surface area contributed by atoms with Gasteiger partial charge >= 0.3 is 0 Å². The van der Waals surface area contributed by atoms with E-state index in [4.69, 9.17) is 0 Å². The van der Waals surface area contributed by atoms with Gasteiger partial charge in [-0.05, 0) is 34.6 Å². The maximum absolute atomic E-state index is 10.4. The fraction of sp³-hybridized carbons (Fsp3) is 0.222. The molecule has 0 aliphatic carbocycles. The molecule has 0 aliphatic heterocycles. The first-order chi connectivity index (χ1) is 9.31. The largest absolute Gasteiger partial charge is 0.507 e. The quantitative estimate of drug-likeness (QED) is 0.645. The maximum atomic E-state index is 10.4. The van der Waals surface area contributed by atoms with Gasteiger partial charge in [0.2, 0.25) is 0 Å². The zero-order valence-corrected chi connectivity index (χ0v) is 11.2. The Morgan fingerprint density at radius 1 is 0.842 bits per heavy atom. The number of rotatable bonds is 3. The van der Waals surface area contributed by atoms with Gasteiger partial charge in [-0.2, -0.15) is 0 Å². The molecule has 19 heavy (non-hydrogen) atoms. The number of phenols is 1. The standard InChI is InChI=1S/C18H18O/c1-2-3-6-14-10-11-16-15-8-5-4-7-13(15)9-12-17(16)18(14)19/h4-5,7-12,19H,2-3,6H2,1H3. The topological polar surface area (TPSA) is 20.2 Å². The Kier molecular flexibility index (Phi) is 3.12. The third-order valence-electron chi connectivity index (χ3n) is 3.78. The summed E-state index contributed by atoms with van der Waals surface area (Å²) in [6, 6.07) is 16.6. The van der Waals surface area contributed by atoms with Crippen molar-refractivity contribution in [1.29, 1.82) is 0 Å². The fourth-order valence-electron chi connectivity index (χ4n) is 2.69.